The number of rotatable bonds is 10. The molecule has 1 aromatic heterocycles. The molecule has 0 aliphatic heterocycles. The van der Waals surface area contributed by atoms with Gasteiger partial charge in [0.15, 0.2) is 6.61 Å². The summed E-state index contributed by atoms with van der Waals surface area (Å²) in [6.45, 7) is 0.172. The zero-order valence-corrected chi connectivity index (χ0v) is 20.0. The van der Waals surface area contributed by atoms with Crippen LogP contribution in [0, 0.1) is 0 Å². The molecule has 172 valence electrons. The normalized spacial score (nSPS) is 14.0. The van der Waals surface area contributed by atoms with Crippen molar-refractivity contribution in [1.29, 1.82) is 0 Å². The molecule has 0 spiro atoms. The Labute approximate surface area is 197 Å². The number of carbonyl (C=O) groups is 3. The number of hydrogen-bond acceptors (Lipinski definition) is 6. The van der Waals surface area contributed by atoms with Crippen LogP contribution in [0.3, 0.4) is 0 Å². The van der Waals surface area contributed by atoms with Crippen molar-refractivity contribution < 1.29 is 19.1 Å². The number of thiophene rings is 1. The Bertz CT molecular complexity index is 895. The van der Waals surface area contributed by atoms with Gasteiger partial charge < -0.3 is 15.0 Å². The molecule has 1 aliphatic carbocycles. The van der Waals surface area contributed by atoms with Crippen molar-refractivity contribution in [1.82, 2.24) is 10.2 Å². The first-order valence-corrected chi connectivity index (χ1v) is 12.8. The van der Waals surface area contributed by atoms with Crippen LogP contribution >= 0.6 is 23.1 Å². The number of benzene rings is 1. The van der Waals surface area contributed by atoms with Gasteiger partial charge in [0.05, 0.1) is 11.3 Å². The van der Waals surface area contributed by atoms with E-state index in [2.05, 4.69) is 5.32 Å². The molecule has 3 rings (SSSR count). The molecular weight excluding hydrogens is 444 g/mol. The number of nitrogens with zero attached hydrogens (tertiary/aromatic N) is 1. The molecule has 1 fully saturated rings. The van der Waals surface area contributed by atoms with Crippen LogP contribution in [0.4, 0.5) is 0 Å². The van der Waals surface area contributed by atoms with Crippen LogP contribution in [0.15, 0.2) is 46.7 Å². The van der Waals surface area contributed by atoms with E-state index < -0.39 is 5.97 Å². The second-order valence-electron chi connectivity index (χ2n) is 7.84. The van der Waals surface area contributed by atoms with Crippen molar-refractivity contribution in [2.45, 2.75) is 49.5 Å². The molecule has 1 saturated carbocycles. The van der Waals surface area contributed by atoms with Crippen molar-refractivity contribution in [3.63, 3.8) is 0 Å². The standard InChI is InChI=1S/C24H30N2O4S2/c1-26(18-8-3-2-4-9-18)23(28)17-32-21-12-6-5-11-20(21)24(29)30-16-22(27)25-14-13-19-10-7-15-31-19/h5-7,10-12,15,18H,2-4,8-9,13-14,16-17H2,1H3,(H,25,27). The zero-order valence-electron chi connectivity index (χ0n) is 18.4. The lowest BCUT2D eigenvalue weighted by Gasteiger charge is -2.31. The van der Waals surface area contributed by atoms with Crippen LogP contribution in [0.25, 0.3) is 0 Å². The summed E-state index contributed by atoms with van der Waals surface area (Å²) in [4.78, 5) is 40.9. The molecule has 1 aromatic carbocycles. The van der Waals surface area contributed by atoms with Crippen LogP contribution in [-0.2, 0) is 20.7 Å². The largest absolute Gasteiger partial charge is 0.452 e. The second kappa shape index (κ2) is 12.6. The minimum atomic E-state index is -0.561. The molecule has 0 unspecified atom stereocenters. The second-order valence-corrected chi connectivity index (χ2v) is 9.89. The smallest absolute Gasteiger partial charge is 0.339 e. The Morgan fingerprint density at radius 2 is 1.91 bits per heavy atom. The van der Waals surface area contributed by atoms with Gasteiger partial charge in [0.1, 0.15) is 0 Å². The summed E-state index contributed by atoms with van der Waals surface area (Å²) < 4.78 is 5.21. The maximum Gasteiger partial charge on any atom is 0.339 e. The molecule has 1 heterocycles. The zero-order chi connectivity index (χ0) is 22.8. The molecule has 0 atom stereocenters. The lowest BCUT2D eigenvalue weighted by Crippen LogP contribution is -2.39. The number of amides is 2. The van der Waals surface area contributed by atoms with Crippen molar-refractivity contribution in [2.75, 3.05) is 26.0 Å². The predicted molar refractivity (Wildman–Crippen MR) is 128 cm³/mol. The third kappa shape index (κ3) is 7.38. The lowest BCUT2D eigenvalue weighted by molar-refractivity contribution is -0.129. The summed E-state index contributed by atoms with van der Waals surface area (Å²) in [5.74, 6) is -0.561. The van der Waals surface area contributed by atoms with Gasteiger partial charge in [-0.25, -0.2) is 4.79 Å². The van der Waals surface area contributed by atoms with Gasteiger partial charge >= 0.3 is 5.97 Å². The van der Waals surface area contributed by atoms with E-state index in [-0.39, 0.29) is 24.2 Å². The fourth-order valence-electron chi connectivity index (χ4n) is 3.71. The highest BCUT2D eigenvalue weighted by molar-refractivity contribution is 8.00. The summed E-state index contributed by atoms with van der Waals surface area (Å²) >= 11 is 2.97. The van der Waals surface area contributed by atoms with Crippen molar-refractivity contribution in [3.05, 3.63) is 52.2 Å². The first-order chi connectivity index (χ1) is 15.5. The minimum absolute atomic E-state index is 0.0650. The van der Waals surface area contributed by atoms with Crippen LogP contribution in [0.5, 0.6) is 0 Å². The van der Waals surface area contributed by atoms with E-state index in [1.165, 1.54) is 35.9 Å². The topological polar surface area (TPSA) is 75.7 Å². The number of nitrogens with one attached hydrogen (secondary N) is 1. The Kier molecular flexibility index (Phi) is 9.62. The van der Waals surface area contributed by atoms with Crippen LogP contribution < -0.4 is 5.32 Å². The van der Waals surface area contributed by atoms with Gasteiger partial charge in [-0.15, -0.1) is 23.1 Å². The van der Waals surface area contributed by atoms with Gasteiger partial charge in [-0.3, -0.25) is 9.59 Å². The first-order valence-electron chi connectivity index (χ1n) is 11.0. The Morgan fingerprint density at radius 1 is 1.12 bits per heavy atom. The van der Waals surface area contributed by atoms with Gasteiger partial charge in [0, 0.05) is 29.4 Å². The van der Waals surface area contributed by atoms with Gasteiger partial charge in [0.25, 0.3) is 5.91 Å². The van der Waals surface area contributed by atoms with Crippen LogP contribution in [0.2, 0.25) is 0 Å². The molecule has 8 heteroatoms. The minimum Gasteiger partial charge on any atom is -0.452 e. The molecule has 0 radical (unpaired) electrons. The molecule has 1 N–H and O–H groups in total. The van der Waals surface area contributed by atoms with Gasteiger partial charge in [-0.05, 0) is 42.8 Å². The average Bonchev–Trinajstić information content (AvgIpc) is 3.35. The first kappa shape index (κ1) is 24.3. The lowest BCUT2D eigenvalue weighted by atomic mass is 9.94. The van der Waals surface area contributed by atoms with E-state index in [4.69, 9.17) is 4.74 Å². The molecule has 6 nitrogen and oxygen atoms in total. The Balaban J connectivity index is 1.45. The summed E-state index contributed by atoms with van der Waals surface area (Å²) in [6, 6.07) is 11.3. The monoisotopic (exact) mass is 474 g/mol. The number of esters is 1. The fraction of sp³-hybridized carbons (Fsp3) is 0.458. The molecule has 0 saturated heterocycles. The summed E-state index contributed by atoms with van der Waals surface area (Å²) in [6.07, 6.45) is 6.46. The highest BCUT2D eigenvalue weighted by atomic mass is 32.2. The summed E-state index contributed by atoms with van der Waals surface area (Å²) in [7, 11) is 1.87. The average molecular weight is 475 g/mol. The van der Waals surface area contributed by atoms with Gasteiger partial charge in [0.2, 0.25) is 5.91 Å². The quantitative estimate of drug-likeness (QED) is 0.414. The molecule has 0 bridgehead atoms. The molecule has 32 heavy (non-hydrogen) atoms. The van der Waals surface area contributed by atoms with E-state index in [0.29, 0.717) is 23.0 Å². The third-order valence-electron chi connectivity index (χ3n) is 5.58. The number of thioether (sulfide) groups is 1. The number of hydrogen-bond donors (Lipinski definition) is 1. The Morgan fingerprint density at radius 3 is 2.66 bits per heavy atom. The van der Waals surface area contributed by atoms with Crippen LogP contribution in [0.1, 0.15) is 47.3 Å². The molecule has 2 aromatic rings. The highest BCUT2D eigenvalue weighted by Gasteiger charge is 2.23. The van der Waals surface area contributed by atoms with E-state index in [0.717, 1.165) is 19.3 Å². The summed E-state index contributed by atoms with van der Waals surface area (Å²) in [5.41, 5.74) is 0.372. The molecule has 1 aliphatic rings. The Hall–Kier alpha value is -2.32. The third-order valence-corrected chi connectivity index (χ3v) is 7.58. The van der Waals surface area contributed by atoms with E-state index in [1.54, 1.807) is 29.5 Å². The molecule has 2 amide bonds. The van der Waals surface area contributed by atoms with Crippen LogP contribution in [-0.4, -0.2) is 54.7 Å². The van der Waals surface area contributed by atoms with Crippen molar-refractivity contribution in [3.8, 4) is 0 Å². The molecular formula is C24H30N2O4S2. The number of carbonyl (C=O) groups excluding carboxylic acids is 3. The van der Waals surface area contributed by atoms with E-state index >= 15 is 0 Å². The predicted octanol–water partition coefficient (Wildman–Crippen LogP) is 4.15. The highest BCUT2D eigenvalue weighted by Crippen LogP contribution is 2.26. The van der Waals surface area contributed by atoms with Crippen molar-refractivity contribution in [2.24, 2.45) is 0 Å². The maximum absolute atomic E-state index is 12.6. The number of ether oxygens (including phenoxy) is 1. The SMILES string of the molecule is CN(C(=O)CSc1ccccc1C(=O)OCC(=O)NCCc1cccs1)C1CCCCC1. The van der Waals surface area contributed by atoms with E-state index in [9.17, 15) is 14.4 Å². The fourth-order valence-corrected chi connectivity index (χ4v) is 5.39. The maximum atomic E-state index is 12.6. The van der Waals surface area contributed by atoms with Gasteiger partial charge in [-0.2, -0.15) is 0 Å². The van der Waals surface area contributed by atoms with Gasteiger partial charge in [-0.1, -0.05) is 37.5 Å². The summed E-state index contributed by atoms with van der Waals surface area (Å²) in [5, 5.41) is 4.76. The van der Waals surface area contributed by atoms with E-state index in [1.807, 2.05) is 35.5 Å². The van der Waals surface area contributed by atoms with Crippen molar-refractivity contribution >= 4 is 40.9 Å².